The first-order chi connectivity index (χ1) is 15.1. The summed E-state index contributed by atoms with van der Waals surface area (Å²) in [4.78, 5) is 43.1. The molecule has 2 amide bonds. The van der Waals surface area contributed by atoms with Gasteiger partial charge in [0, 0.05) is 18.0 Å². The summed E-state index contributed by atoms with van der Waals surface area (Å²) in [5.41, 5.74) is 1.47. The maximum Gasteiger partial charge on any atom is 0.338 e. The Balaban J connectivity index is 1.66. The first-order valence-corrected chi connectivity index (χ1v) is 11.3. The van der Waals surface area contributed by atoms with Gasteiger partial charge in [0.05, 0.1) is 36.6 Å². The fourth-order valence-electron chi connectivity index (χ4n) is 3.64. The molecule has 4 rings (SSSR count). The molecule has 3 heterocycles. The van der Waals surface area contributed by atoms with E-state index < -0.39 is 5.97 Å². The summed E-state index contributed by atoms with van der Waals surface area (Å²) in [7, 11) is 0. The van der Waals surface area contributed by atoms with Gasteiger partial charge in [-0.05, 0) is 36.1 Å². The van der Waals surface area contributed by atoms with Crippen LogP contribution in [0.5, 0.6) is 0 Å². The van der Waals surface area contributed by atoms with Crippen molar-refractivity contribution in [2.45, 2.75) is 19.8 Å². The number of amides is 2. The maximum atomic E-state index is 13.5. The van der Waals surface area contributed by atoms with Crippen molar-refractivity contribution < 1.29 is 23.9 Å². The maximum absolute atomic E-state index is 13.5. The monoisotopic (exact) mass is 440 g/mol. The normalized spacial score (nSPS) is 16.9. The van der Waals surface area contributed by atoms with Crippen molar-refractivity contribution in [1.82, 2.24) is 4.90 Å². The third kappa shape index (κ3) is 4.26. The zero-order chi connectivity index (χ0) is 21.8. The summed E-state index contributed by atoms with van der Waals surface area (Å²) in [6.07, 6.45) is 1.71. The van der Waals surface area contributed by atoms with E-state index in [-0.39, 0.29) is 11.8 Å². The van der Waals surface area contributed by atoms with Gasteiger partial charge >= 0.3 is 5.97 Å². The molecule has 31 heavy (non-hydrogen) atoms. The zero-order valence-corrected chi connectivity index (χ0v) is 18.2. The molecule has 0 spiro atoms. The van der Waals surface area contributed by atoms with E-state index in [9.17, 15) is 14.4 Å². The highest BCUT2D eigenvalue weighted by molar-refractivity contribution is 7.11. The molecule has 8 heteroatoms. The van der Waals surface area contributed by atoms with Gasteiger partial charge in [0.1, 0.15) is 5.70 Å². The highest BCUT2D eigenvalue weighted by atomic mass is 32.1. The van der Waals surface area contributed by atoms with E-state index in [1.165, 1.54) is 11.3 Å². The number of thiophene rings is 1. The lowest BCUT2D eigenvalue weighted by Crippen LogP contribution is -2.40. The molecular weight excluding hydrogens is 416 g/mol. The Labute approximate surface area is 184 Å². The van der Waals surface area contributed by atoms with Crippen LogP contribution >= 0.6 is 11.3 Å². The number of ether oxygens (including phenoxy) is 2. The molecule has 1 aromatic heterocycles. The number of anilines is 1. The smallest absolute Gasteiger partial charge is 0.338 e. The van der Waals surface area contributed by atoms with Crippen molar-refractivity contribution in [2.75, 3.05) is 37.8 Å². The first-order valence-electron chi connectivity index (χ1n) is 10.4. The molecule has 7 nitrogen and oxygen atoms in total. The van der Waals surface area contributed by atoms with Gasteiger partial charge in [-0.1, -0.05) is 25.5 Å². The Morgan fingerprint density at radius 1 is 1.13 bits per heavy atom. The molecular formula is C23H24N2O5S. The van der Waals surface area contributed by atoms with Gasteiger partial charge in [0.25, 0.3) is 11.8 Å². The minimum atomic E-state index is -0.464. The van der Waals surface area contributed by atoms with Crippen LogP contribution in [0.1, 0.15) is 35.0 Å². The molecule has 0 unspecified atom stereocenters. The number of benzene rings is 1. The van der Waals surface area contributed by atoms with E-state index >= 15 is 0 Å². The average Bonchev–Trinajstić information content (AvgIpc) is 3.40. The van der Waals surface area contributed by atoms with Crippen LogP contribution in [0.2, 0.25) is 0 Å². The van der Waals surface area contributed by atoms with Gasteiger partial charge in [0.15, 0.2) is 0 Å². The number of carbonyl (C=O) groups is 3. The Morgan fingerprint density at radius 3 is 2.65 bits per heavy atom. The molecule has 2 aliphatic heterocycles. The van der Waals surface area contributed by atoms with Gasteiger partial charge in [-0.25, -0.2) is 9.69 Å². The Bertz CT molecular complexity index is 1010. The molecule has 162 valence electrons. The molecule has 2 aromatic rings. The zero-order valence-electron chi connectivity index (χ0n) is 17.3. The predicted molar refractivity (Wildman–Crippen MR) is 118 cm³/mol. The second-order valence-electron chi connectivity index (χ2n) is 7.29. The molecule has 0 atom stereocenters. The van der Waals surface area contributed by atoms with Crippen molar-refractivity contribution in [3.63, 3.8) is 0 Å². The van der Waals surface area contributed by atoms with E-state index in [2.05, 4.69) is 0 Å². The number of hydrogen-bond donors (Lipinski definition) is 0. The number of hydrogen-bond acceptors (Lipinski definition) is 7. The van der Waals surface area contributed by atoms with Gasteiger partial charge < -0.3 is 14.4 Å². The number of carbonyl (C=O) groups excluding carboxylic acids is 3. The van der Waals surface area contributed by atoms with Crippen LogP contribution in [0.4, 0.5) is 5.69 Å². The van der Waals surface area contributed by atoms with Crippen LogP contribution in [0.15, 0.2) is 47.5 Å². The highest BCUT2D eigenvalue weighted by Gasteiger charge is 2.43. The lowest BCUT2D eigenvalue weighted by Gasteiger charge is -2.29. The van der Waals surface area contributed by atoms with Gasteiger partial charge in [-0.3, -0.25) is 9.59 Å². The largest absolute Gasteiger partial charge is 0.462 e. The molecule has 0 radical (unpaired) electrons. The van der Waals surface area contributed by atoms with Crippen molar-refractivity contribution in [2.24, 2.45) is 0 Å². The number of morpholine rings is 1. The van der Waals surface area contributed by atoms with Crippen molar-refractivity contribution in [1.29, 1.82) is 0 Å². The standard InChI is InChI=1S/C23H24N2O5S/c1-2-3-11-30-23(28)16-6-4-7-17(15-16)25-21(26)19(18-8-5-14-31-18)20(22(25)27)24-9-12-29-13-10-24/h4-8,14-15H,2-3,9-13H2,1H3. The minimum absolute atomic E-state index is 0.312. The number of unbranched alkanes of at least 4 members (excludes halogenated alkanes) is 1. The van der Waals surface area contributed by atoms with E-state index in [1.54, 1.807) is 24.3 Å². The molecule has 0 N–H and O–H groups in total. The molecule has 1 fully saturated rings. The molecule has 1 aromatic carbocycles. The van der Waals surface area contributed by atoms with Gasteiger partial charge in [0.2, 0.25) is 0 Å². The minimum Gasteiger partial charge on any atom is -0.462 e. The summed E-state index contributed by atoms with van der Waals surface area (Å²) in [6, 6.07) is 10.2. The van der Waals surface area contributed by atoms with Crippen LogP contribution < -0.4 is 4.90 Å². The molecule has 0 aliphatic carbocycles. The second kappa shape index (κ2) is 9.45. The van der Waals surface area contributed by atoms with Crippen LogP contribution in [0.3, 0.4) is 0 Å². The van der Waals surface area contributed by atoms with Gasteiger partial charge in [-0.15, -0.1) is 11.3 Å². The van der Waals surface area contributed by atoms with Crippen molar-refractivity contribution >= 4 is 40.4 Å². The van der Waals surface area contributed by atoms with Crippen molar-refractivity contribution in [3.8, 4) is 0 Å². The summed E-state index contributed by atoms with van der Waals surface area (Å²) >= 11 is 1.42. The second-order valence-corrected chi connectivity index (χ2v) is 8.23. The fourth-order valence-corrected chi connectivity index (χ4v) is 4.40. The molecule has 0 saturated carbocycles. The number of esters is 1. The third-order valence-electron chi connectivity index (χ3n) is 5.23. The Kier molecular flexibility index (Phi) is 6.48. The summed E-state index contributed by atoms with van der Waals surface area (Å²) in [5, 5.41) is 1.88. The predicted octanol–water partition coefficient (Wildman–Crippen LogP) is 3.32. The van der Waals surface area contributed by atoms with E-state index in [0.29, 0.717) is 55.4 Å². The average molecular weight is 441 g/mol. The Morgan fingerprint density at radius 2 is 1.94 bits per heavy atom. The SMILES string of the molecule is CCCCOC(=O)c1cccc(N2C(=O)C(c3cccs3)=C(N3CCOCC3)C2=O)c1. The quantitative estimate of drug-likeness (QED) is 0.374. The summed E-state index contributed by atoms with van der Waals surface area (Å²) in [5.74, 6) is -1.23. The van der Waals surface area contributed by atoms with Crippen LogP contribution in [-0.4, -0.2) is 55.6 Å². The number of rotatable bonds is 7. The summed E-state index contributed by atoms with van der Waals surface area (Å²) in [6.45, 7) is 4.45. The third-order valence-corrected chi connectivity index (χ3v) is 6.11. The number of imide groups is 1. The van der Waals surface area contributed by atoms with Crippen LogP contribution in [-0.2, 0) is 19.1 Å². The molecule has 0 bridgehead atoms. The molecule has 2 aliphatic rings. The van der Waals surface area contributed by atoms with Crippen molar-refractivity contribution in [3.05, 3.63) is 57.9 Å². The molecule has 1 saturated heterocycles. The fraction of sp³-hybridized carbons (Fsp3) is 0.348. The number of nitrogens with zero attached hydrogens (tertiary/aromatic N) is 2. The lowest BCUT2D eigenvalue weighted by atomic mass is 10.1. The first kappa shape index (κ1) is 21.3. The van der Waals surface area contributed by atoms with Gasteiger partial charge in [-0.2, -0.15) is 0 Å². The summed E-state index contributed by atoms with van der Waals surface area (Å²) < 4.78 is 10.7. The Hall–Kier alpha value is -2.97. The van der Waals surface area contributed by atoms with Crippen LogP contribution in [0, 0.1) is 0 Å². The van der Waals surface area contributed by atoms with E-state index in [1.807, 2.05) is 29.3 Å². The highest BCUT2D eigenvalue weighted by Crippen LogP contribution is 2.37. The lowest BCUT2D eigenvalue weighted by molar-refractivity contribution is -0.121. The van der Waals surface area contributed by atoms with E-state index in [0.717, 1.165) is 22.6 Å². The topological polar surface area (TPSA) is 76.2 Å². The van der Waals surface area contributed by atoms with E-state index in [4.69, 9.17) is 9.47 Å². The van der Waals surface area contributed by atoms with Crippen LogP contribution in [0.25, 0.3) is 5.57 Å².